The molecule has 0 radical (unpaired) electrons. The summed E-state index contributed by atoms with van der Waals surface area (Å²) in [6, 6.07) is -1.48. The lowest BCUT2D eigenvalue weighted by Crippen LogP contribution is -2.34. The van der Waals surface area contributed by atoms with Crippen molar-refractivity contribution in [3.8, 4) is 0 Å². The van der Waals surface area contributed by atoms with Gasteiger partial charge in [0.15, 0.2) is 0 Å². The number of phosphoric acid groups is 1. The van der Waals surface area contributed by atoms with Crippen LogP contribution in [0.5, 0.6) is 0 Å². The molecule has 0 saturated carbocycles. The smallest absolute Gasteiger partial charge is 0.472 e. The molecule has 0 aliphatic heterocycles. The van der Waals surface area contributed by atoms with Gasteiger partial charge in [0.1, 0.15) is 12.1 Å². The second-order valence-electron chi connectivity index (χ2n) is 18.0. The molecule has 0 aromatic heterocycles. The number of allylic oxidation sites excluding steroid dienone is 12. The van der Waals surface area contributed by atoms with E-state index in [1.54, 1.807) is 0 Å². The van der Waals surface area contributed by atoms with Crippen LogP contribution < -0.4 is 5.73 Å². The number of nitrogens with two attached hydrogens (primary N) is 1. The van der Waals surface area contributed by atoms with E-state index in [4.69, 9.17) is 29.4 Å². The number of ether oxygens (including phenoxy) is 2. The number of carboxylic acids is 1. The van der Waals surface area contributed by atoms with Gasteiger partial charge >= 0.3 is 19.8 Å². The van der Waals surface area contributed by atoms with Crippen molar-refractivity contribution in [1.29, 1.82) is 0 Å². The molecule has 11 heteroatoms. The Hall–Kier alpha value is -2.59. The third-order valence-corrected chi connectivity index (χ3v) is 12.4. The van der Waals surface area contributed by atoms with Crippen LogP contribution in [0.2, 0.25) is 0 Å². The normalized spacial score (nSPS) is 14.2. The molecule has 0 spiro atoms. The quantitative estimate of drug-likeness (QED) is 0.0232. The van der Waals surface area contributed by atoms with Crippen molar-refractivity contribution in [1.82, 2.24) is 0 Å². The van der Waals surface area contributed by atoms with E-state index in [9.17, 15) is 19.0 Å². The number of esters is 1. The van der Waals surface area contributed by atoms with Crippen molar-refractivity contribution in [3.05, 3.63) is 72.9 Å². The van der Waals surface area contributed by atoms with Gasteiger partial charge in [-0.05, 0) is 83.5 Å². The molecule has 0 heterocycles. The molecule has 0 amide bonds. The Bertz CT molecular complexity index is 1340. The third-order valence-electron chi connectivity index (χ3n) is 11.5. The van der Waals surface area contributed by atoms with Crippen LogP contribution in [0.1, 0.15) is 232 Å². The molecule has 0 fully saturated rings. The summed E-state index contributed by atoms with van der Waals surface area (Å²) >= 11 is 0. The number of unbranched alkanes of at least 4 members (excludes halogenated alkanes) is 25. The second-order valence-corrected chi connectivity index (χ2v) is 19.4. The lowest BCUT2D eigenvalue weighted by Gasteiger charge is -2.20. The summed E-state index contributed by atoms with van der Waals surface area (Å²) < 4.78 is 33.6. The van der Waals surface area contributed by atoms with Crippen LogP contribution in [-0.4, -0.2) is 60.5 Å². The highest BCUT2D eigenvalue weighted by Gasteiger charge is 2.27. The zero-order chi connectivity index (χ0) is 49.0. The molecular formula is C56H100NO9P. The van der Waals surface area contributed by atoms with Gasteiger partial charge in [0.25, 0.3) is 0 Å². The first kappa shape index (κ1) is 64.4. The van der Waals surface area contributed by atoms with Crippen molar-refractivity contribution in [2.45, 2.75) is 244 Å². The number of aliphatic carboxylic acids is 1. The summed E-state index contributed by atoms with van der Waals surface area (Å²) in [5, 5.41) is 8.94. The van der Waals surface area contributed by atoms with Crippen LogP contribution in [0.15, 0.2) is 72.9 Å². The molecule has 0 aliphatic carbocycles. The molecular weight excluding hydrogens is 862 g/mol. The van der Waals surface area contributed by atoms with Gasteiger partial charge in [-0.1, -0.05) is 215 Å². The maximum Gasteiger partial charge on any atom is 0.472 e. The first-order chi connectivity index (χ1) is 32.7. The van der Waals surface area contributed by atoms with Crippen molar-refractivity contribution in [3.63, 3.8) is 0 Å². The van der Waals surface area contributed by atoms with Crippen molar-refractivity contribution >= 4 is 19.8 Å². The Morgan fingerprint density at radius 1 is 0.493 bits per heavy atom. The monoisotopic (exact) mass is 962 g/mol. The molecule has 10 nitrogen and oxygen atoms in total. The maximum absolute atomic E-state index is 12.7. The Labute approximate surface area is 410 Å². The summed E-state index contributed by atoms with van der Waals surface area (Å²) in [5.41, 5.74) is 5.38. The number of phosphoric ester groups is 1. The number of rotatable bonds is 51. The molecule has 388 valence electrons. The lowest BCUT2D eigenvalue weighted by molar-refractivity contribution is -0.154. The molecule has 3 atom stereocenters. The standard InChI is InChI=1S/C56H100NO9P/c1-3-5-7-9-11-13-15-17-19-21-23-25-27-28-30-32-34-36-38-40-42-44-46-48-55(58)66-53(51-64-67(61,62)65-52-54(57)56(59)60)50-63-49-47-45-43-41-39-37-35-33-31-29-26-24-22-20-18-16-14-12-10-8-6-4-2/h6,8,12,14-15,17-18,20-21,23-24,26,53-54H,3-5,7,9-11,13,16,19,22,25,27-52,57H2,1-2H3,(H,59,60)(H,61,62)/b8-6-,14-12-,17-15-,20-18-,23-21-,26-24-. The molecule has 0 aromatic rings. The molecule has 4 N–H and O–H groups in total. The van der Waals surface area contributed by atoms with Crippen LogP contribution in [0.3, 0.4) is 0 Å². The highest BCUT2D eigenvalue weighted by Crippen LogP contribution is 2.43. The van der Waals surface area contributed by atoms with Crippen LogP contribution >= 0.6 is 7.82 Å². The Morgan fingerprint density at radius 3 is 1.30 bits per heavy atom. The molecule has 0 bridgehead atoms. The van der Waals surface area contributed by atoms with E-state index < -0.39 is 45.1 Å². The highest BCUT2D eigenvalue weighted by molar-refractivity contribution is 7.47. The van der Waals surface area contributed by atoms with E-state index in [2.05, 4.69) is 86.8 Å². The number of carbonyl (C=O) groups excluding carboxylic acids is 1. The summed E-state index contributed by atoms with van der Waals surface area (Å²) in [4.78, 5) is 33.8. The summed E-state index contributed by atoms with van der Waals surface area (Å²) in [7, 11) is -4.63. The first-order valence-electron chi connectivity index (χ1n) is 27.0. The van der Waals surface area contributed by atoms with Crippen LogP contribution in [0.4, 0.5) is 0 Å². The summed E-state index contributed by atoms with van der Waals surface area (Å²) in [6.45, 7) is 3.76. The minimum absolute atomic E-state index is 0.00948. The number of hydrogen-bond acceptors (Lipinski definition) is 8. The van der Waals surface area contributed by atoms with Gasteiger partial charge in [0.05, 0.1) is 19.8 Å². The SMILES string of the molecule is CC/C=C\C/C=C\C/C=C\C/C=C\CCCCCCCCCCCOCC(COP(=O)(O)OCC(N)C(=O)O)OC(=O)CCCCCCCCCCCCC/C=C\C/C=C\CCCCCCC. The third kappa shape index (κ3) is 51.1. The fourth-order valence-corrected chi connectivity index (χ4v) is 8.11. The average Bonchev–Trinajstić information content (AvgIpc) is 3.31. The van der Waals surface area contributed by atoms with E-state index in [0.717, 1.165) is 77.0 Å². The molecule has 0 rings (SSSR count). The van der Waals surface area contributed by atoms with Crippen molar-refractivity contribution in [2.75, 3.05) is 26.4 Å². The summed E-state index contributed by atoms with van der Waals surface area (Å²) in [5.74, 6) is -1.78. The largest absolute Gasteiger partial charge is 0.480 e. The number of carbonyl (C=O) groups is 2. The minimum Gasteiger partial charge on any atom is -0.480 e. The van der Waals surface area contributed by atoms with E-state index in [1.807, 2.05) is 0 Å². The predicted octanol–water partition coefficient (Wildman–Crippen LogP) is 16.1. The first-order valence-corrected chi connectivity index (χ1v) is 28.5. The van der Waals surface area contributed by atoms with Gasteiger partial charge in [-0.15, -0.1) is 0 Å². The topological polar surface area (TPSA) is 155 Å². The van der Waals surface area contributed by atoms with Crippen LogP contribution in [0, 0.1) is 0 Å². The van der Waals surface area contributed by atoms with Crippen LogP contribution in [-0.2, 0) is 32.7 Å². The Balaban J connectivity index is 4.13. The Morgan fingerprint density at radius 2 is 0.866 bits per heavy atom. The fourth-order valence-electron chi connectivity index (χ4n) is 7.33. The lowest BCUT2D eigenvalue weighted by atomic mass is 10.0. The highest BCUT2D eigenvalue weighted by atomic mass is 31.2. The molecule has 0 aromatic carbocycles. The van der Waals surface area contributed by atoms with E-state index in [1.165, 1.54) is 128 Å². The second kappa shape index (κ2) is 51.3. The van der Waals surface area contributed by atoms with Crippen molar-refractivity contribution < 1.29 is 42.7 Å². The minimum atomic E-state index is -4.63. The van der Waals surface area contributed by atoms with Gasteiger partial charge in [-0.2, -0.15) is 0 Å². The van der Waals surface area contributed by atoms with Gasteiger partial charge in [0.2, 0.25) is 0 Å². The van der Waals surface area contributed by atoms with Gasteiger partial charge < -0.3 is 25.2 Å². The predicted molar refractivity (Wildman–Crippen MR) is 281 cm³/mol. The zero-order valence-corrected chi connectivity index (χ0v) is 43.6. The van der Waals surface area contributed by atoms with E-state index in [0.29, 0.717) is 13.0 Å². The van der Waals surface area contributed by atoms with Crippen molar-refractivity contribution in [2.24, 2.45) is 5.73 Å². The van der Waals surface area contributed by atoms with E-state index in [-0.39, 0.29) is 13.0 Å². The summed E-state index contributed by atoms with van der Waals surface area (Å²) in [6.07, 6.45) is 65.3. The number of hydrogen-bond donors (Lipinski definition) is 3. The molecule has 0 aliphatic rings. The van der Waals surface area contributed by atoms with Gasteiger partial charge in [0, 0.05) is 13.0 Å². The Kier molecular flexibility index (Phi) is 49.3. The average molecular weight is 962 g/mol. The molecule has 67 heavy (non-hydrogen) atoms. The molecule has 0 saturated heterocycles. The van der Waals surface area contributed by atoms with E-state index >= 15 is 0 Å². The van der Waals surface area contributed by atoms with Gasteiger partial charge in [-0.3, -0.25) is 18.6 Å². The maximum atomic E-state index is 12.7. The van der Waals surface area contributed by atoms with Crippen LogP contribution in [0.25, 0.3) is 0 Å². The zero-order valence-electron chi connectivity index (χ0n) is 42.7. The molecule has 3 unspecified atom stereocenters. The fraction of sp³-hybridized carbons (Fsp3) is 0.750. The van der Waals surface area contributed by atoms with Gasteiger partial charge in [-0.25, -0.2) is 4.57 Å². The number of carboxylic acid groups (broad SMARTS) is 1.